The predicted molar refractivity (Wildman–Crippen MR) is 152 cm³/mol. The third-order valence-electron chi connectivity index (χ3n) is 5.99. The summed E-state index contributed by atoms with van der Waals surface area (Å²) in [7, 11) is -4.13. The number of halogens is 2. The molecule has 38 heavy (non-hydrogen) atoms. The number of carbonyl (C=O) groups excluding carboxylic acids is 2. The van der Waals surface area contributed by atoms with E-state index in [9.17, 15) is 18.0 Å². The van der Waals surface area contributed by atoms with Crippen LogP contribution < -0.4 is 9.62 Å². The van der Waals surface area contributed by atoms with Gasteiger partial charge in [-0.05, 0) is 74.4 Å². The number of rotatable bonds is 11. The number of benzene rings is 3. The van der Waals surface area contributed by atoms with Crippen molar-refractivity contribution in [2.24, 2.45) is 0 Å². The second kappa shape index (κ2) is 13.1. The lowest BCUT2D eigenvalue weighted by Crippen LogP contribution is -2.51. The number of amides is 2. The molecule has 3 aromatic carbocycles. The molecule has 7 nitrogen and oxygen atoms in total. The number of sulfonamides is 1. The van der Waals surface area contributed by atoms with Crippen LogP contribution in [0.3, 0.4) is 0 Å². The van der Waals surface area contributed by atoms with E-state index in [4.69, 9.17) is 23.2 Å². The van der Waals surface area contributed by atoms with Crippen LogP contribution in [0.5, 0.6) is 0 Å². The van der Waals surface area contributed by atoms with Crippen LogP contribution in [0.1, 0.15) is 31.4 Å². The zero-order chi connectivity index (χ0) is 27.9. The van der Waals surface area contributed by atoms with Crippen molar-refractivity contribution in [1.29, 1.82) is 0 Å². The molecule has 10 heteroatoms. The van der Waals surface area contributed by atoms with E-state index in [0.29, 0.717) is 16.6 Å². The third kappa shape index (κ3) is 7.49. The van der Waals surface area contributed by atoms with E-state index >= 15 is 0 Å². The summed E-state index contributed by atoms with van der Waals surface area (Å²) in [5.41, 5.74) is 1.93. The molecule has 0 aliphatic rings. The van der Waals surface area contributed by atoms with Gasteiger partial charge in [-0.1, -0.05) is 60.0 Å². The van der Waals surface area contributed by atoms with Crippen LogP contribution in [0.4, 0.5) is 5.69 Å². The maximum Gasteiger partial charge on any atom is 0.264 e. The van der Waals surface area contributed by atoms with Crippen LogP contribution in [0.15, 0.2) is 77.7 Å². The molecule has 0 unspecified atom stereocenters. The molecule has 0 heterocycles. The molecule has 0 saturated carbocycles. The average Bonchev–Trinajstić information content (AvgIpc) is 2.90. The van der Waals surface area contributed by atoms with Crippen molar-refractivity contribution in [3.63, 3.8) is 0 Å². The monoisotopic (exact) mass is 575 g/mol. The molecule has 0 fully saturated rings. The Kier molecular flexibility index (Phi) is 10.2. The van der Waals surface area contributed by atoms with Crippen molar-refractivity contribution >= 4 is 50.7 Å². The van der Waals surface area contributed by atoms with E-state index in [0.717, 1.165) is 21.9 Å². The van der Waals surface area contributed by atoms with Crippen molar-refractivity contribution in [2.75, 3.05) is 17.4 Å². The zero-order valence-corrected chi connectivity index (χ0v) is 23.9. The first kappa shape index (κ1) is 29.5. The predicted octanol–water partition coefficient (Wildman–Crippen LogP) is 5.44. The number of hydrogen-bond donors (Lipinski definition) is 1. The lowest BCUT2D eigenvalue weighted by Gasteiger charge is -2.32. The zero-order valence-electron chi connectivity index (χ0n) is 21.5. The Morgan fingerprint density at radius 3 is 2.00 bits per heavy atom. The Bertz CT molecular complexity index is 1350. The minimum atomic E-state index is -4.13. The summed E-state index contributed by atoms with van der Waals surface area (Å²) in [6.07, 6.45) is 0.739. The molecule has 202 valence electrons. The van der Waals surface area contributed by atoms with Crippen molar-refractivity contribution in [1.82, 2.24) is 10.2 Å². The molecule has 0 aliphatic heterocycles. The van der Waals surface area contributed by atoms with Crippen LogP contribution in [0.2, 0.25) is 10.0 Å². The highest BCUT2D eigenvalue weighted by Crippen LogP contribution is 2.26. The quantitative estimate of drug-likeness (QED) is 0.330. The summed E-state index contributed by atoms with van der Waals surface area (Å²) in [6.45, 7) is 5.45. The van der Waals surface area contributed by atoms with E-state index < -0.39 is 28.5 Å². The van der Waals surface area contributed by atoms with Gasteiger partial charge in [0.2, 0.25) is 11.8 Å². The number of nitrogens with zero attached hydrogens (tertiary/aromatic N) is 2. The lowest BCUT2D eigenvalue weighted by molar-refractivity contribution is -0.139. The molecule has 1 atom stereocenters. The maximum absolute atomic E-state index is 13.8. The highest BCUT2D eigenvalue weighted by molar-refractivity contribution is 7.92. The van der Waals surface area contributed by atoms with Crippen molar-refractivity contribution in [2.45, 2.75) is 44.7 Å². The van der Waals surface area contributed by atoms with Gasteiger partial charge in [-0.25, -0.2) is 8.42 Å². The van der Waals surface area contributed by atoms with Crippen LogP contribution in [0.25, 0.3) is 0 Å². The first-order valence-corrected chi connectivity index (χ1v) is 14.4. The summed E-state index contributed by atoms with van der Waals surface area (Å²) in [5.74, 6) is -0.863. The smallest absolute Gasteiger partial charge is 0.264 e. The van der Waals surface area contributed by atoms with E-state index in [2.05, 4.69) is 5.32 Å². The largest absolute Gasteiger partial charge is 0.354 e. The average molecular weight is 577 g/mol. The molecule has 0 aliphatic carbocycles. The number of aryl methyl sites for hydroxylation is 1. The van der Waals surface area contributed by atoms with Gasteiger partial charge >= 0.3 is 0 Å². The minimum absolute atomic E-state index is 0.0452. The minimum Gasteiger partial charge on any atom is -0.354 e. The highest BCUT2D eigenvalue weighted by Gasteiger charge is 2.32. The second-order valence-electron chi connectivity index (χ2n) is 8.92. The summed E-state index contributed by atoms with van der Waals surface area (Å²) in [5, 5.41) is 3.78. The third-order valence-corrected chi connectivity index (χ3v) is 8.28. The van der Waals surface area contributed by atoms with Crippen LogP contribution in [-0.4, -0.2) is 44.3 Å². The van der Waals surface area contributed by atoms with Gasteiger partial charge < -0.3 is 10.2 Å². The van der Waals surface area contributed by atoms with Crippen LogP contribution in [0, 0.1) is 6.92 Å². The Labute approximate surface area is 234 Å². The Morgan fingerprint density at radius 1 is 0.895 bits per heavy atom. The molecule has 0 spiro atoms. The van der Waals surface area contributed by atoms with Crippen molar-refractivity contribution < 1.29 is 18.0 Å². The van der Waals surface area contributed by atoms with Crippen LogP contribution in [-0.2, 0) is 26.2 Å². The summed E-state index contributed by atoms with van der Waals surface area (Å²) in [4.78, 5) is 28.1. The van der Waals surface area contributed by atoms with Gasteiger partial charge in [0.1, 0.15) is 12.6 Å². The van der Waals surface area contributed by atoms with Crippen molar-refractivity contribution in [3.05, 3.63) is 94.0 Å². The number of anilines is 1. The Balaban J connectivity index is 2.00. The van der Waals surface area contributed by atoms with Gasteiger partial charge in [0.25, 0.3) is 10.0 Å². The second-order valence-corrected chi connectivity index (χ2v) is 11.7. The molecule has 1 N–H and O–H groups in total. The van der Waals surface area contributed by atoms with Gasteiger partial charge in [0.15, 0.2) is 0 Å². The summed E-state index contributed by atoms with van der Waals surface area (Å²) < 4.78 is 28.6. The highest BCUT2D eigenvalue weighted by atomic mass is 35.5. The molecular formula is C28H31Cl2N3O4S. The van der Waals surface area contributed by atoms with Gasteiger partial charge in [-0.15, -0.1) is 0 Å². The molecular weight excluding hydrogens is 545 g/mol. The fraction of sp³-hybridized carbons (Fsp3) is 0.286. The fourth-order valence-electron chi connectivity index (χ4n) is 3.74. The van der Waals surface area contributed by atoms with E-state index in [1.807, 2.05) is 13.8 Å². The standard InChI is InChI=1S/C28H31Cl2N3O4S/c1-4-17-31-28(35)21(3)32(18-22-7-9-23(29)10-8-22)27(34)19-33(25-13-11-24(30)12-14-25)38(36,37)26-15-5-20(2)6-16-26/h5-16,21H,4,17-19H2,1-3H3,(H,31,35)/t21-/m0/s1. The Morgan fingerprint density at radius 2 is 1.45 bits per heavy atom. The summed E-state index contributed by atoms with van der Waals surface area (Å²) in [6, 6.07) is 18.7. The van der Waals surface area contributed by atoms with Gasteiger partial charge in [0.05, 0.1) is 10.6 Å². The first-order valence-electron chi connectivity index (χ1n) is 12.2. The van der Waals surface area contributed by atoms with Gasteiger partial charge in [0, 0.05) is 23.1 Å². The molecule has 2 amide bonds. The number of carbonyl (C=O) groups is 2. The van der Waals surface area contributed by atoms with Gasteiger partial charge in [-0.2, -0.15) is 0 Å². The molecule has 0 radical (unpaired) electrons. The number of nitrogens with one attached hydrogen (secondary N) is 1. The summed E-state index contributed by atoms with van der Waals surface area (Å²) >= 11 is 12.1. The maximum atomic E-state index is 13.8. The molecule has 0 bridgehead atoms. The fourth-order valence-corrected chi connectivity index (χ4v) is 5.40. The molecule has 0 saturated heterocycles. The lowest BCUT2D eigenvalue weighted by atomic mass is 10.1. The van der Waals surface area contributed by atoms with E-state index in [1.165, 1.54) is 17.0 Å². The SMILES string of the molecule is CCCNC(=O)[C@H](C)N(Cc1ccc(Cl)cc1)C(=O)CN(c1ccc(Cl)cc1)S(=O)(=O)c1ccc(C)cc1. The normalized spacial score (nSPS) is 12.0. The van der Waals surface area contributed by atoms with Crippen LogP contribution >= 0.6 is 23.2 Å². The first-order chi connectivity index (χ1) is 18.0. The Hall–Kier alpha value is -3.07. The number of hydrogen-bond acceptors (Lipinski definition) is 4. The molecule has 0 aromatic heterocycles. The molecule has 3 rings (SSSR count). The van der Waals surface area contributed by atoms with E-state index in [-0.39, 0.29) is 23.0 Å². The topological polar surface area (TPSA) is 86.8 Å². The van der Waals surface area contributed by atoms with Gasteiger partial charge in [-0.3, -0.25) is 13.9 Å². The van der Waals surface area contributed by atoms with E-state index in [1.54, 1.807) is 67.6 Å². The molecule has 3 aromatic rings. The van der Waals surface area contributed by atoms with Crippen molar-refractivity contribution in [3.8, 4) is 0 Å².